The maximum Gasteiger partial charge on any atom is 0.255 e. The summed E-state index contributed by atoms with van der Waals surface area (Å²) in [6.45, 7) is 3.86. The van der Waals surface area contributed by atoms with E-state index >= 15 is 0 Å². The minimum atomic E-state index is 0.187. The first-order valence-electron chi connectivity index (χ1n) is 3.49. The van der Waals surface area contributed by atoms with E-state index in [9.17, 15) is 0 Å². The molecule has 0 unspecified atom stereocenters. The molecule has 0 amide bonds. The van der Waals surface area contributed by atoms with Crippen molar-refractivity contribution in [1.29, 1.82) is 0 Å². The average molecular weight is 172 g/mol. The number of aryl methyl sites for hydroxylation is 1. The number of nitrogens with zero attached hydrogens (tertiary/aromatic N) is 1. The molecule has 1 heterocycles. The normalized spacial score (nSPS) is 13.4. The molecule has 0 saturated heterocycles. The minimum Gasteiger partial charge on any atom is -0.440 e. The topological polar surface area (TPSA) is 52.0 Å². The van der Waals surface area contributed by atoms with Crippen molar-refractivity contribution in [2.24, 2.45) is 5.73 Å². The molecule has 0 aliphatic heterocycles. The smallest absolute Gasteiger partial charge is 0.255 e. The number of hydrogen-bond acceptors (Lipinski definition) is 4. The number of nitrogens with two attached hydrogens (primary N) is 1. The standard InChI is InChI=1S/C7H12N2OS/c1-5(8)4-11-7-9-6(2)3-10-7/h3,5H,4,8H2,1-2H3/t5-/m1/s1. The third-order valence-corrected chi connectivity index (χ3v) is 2.19. The molecule has 0 spiro atoms. The zero-order chi connectivity index (χ0) is 8.27. The Balaban J connectivity index is 2.39. The predicted octanol–water partition coefficient (Wildman–Crippen LogP) is 1.42. The van der Waals surface area contributed by atoms with Gasteiger partial charge in [-0.2, -0.15) is 0 Å². The van der Waals surface area contributed by atoms with E-state index in [0.717, 1.165) is 11.4 Å². The Hall–Kier alpha value is -0.480. The molecule has 3 nitrogen and oxygen atoms in total. The van der Waals surface area contributed by atoms with Crippen LogP contribution in [0.15, 0.2) is 15.9 Å². The fourth-order valence-corrected chi connectivity index (χ4v) is 1.33. The molecule has 0 saturated carbocycles. The summed E-state index contributed by atoms with van der Waals surface area (Å²) in [5.41, 5.74) is 6.47. The molecule has 0 fully saturated rings. The van der Waals surface area contributed by atoms with Gasteiger partial charge in [-0.05, 0) is 13.8 Å². The molecule has 0 bridgehead atoms. The summed E-state index contributed by atoms with van der Waals surface area (Å²) in [5.74, 6) is 0.847. The quantitative estimate of drug-likeness (QED) is 0.701. The minimum absolute atomic E-state index is 0.187. The van der Waals surface area contributed by atoms with Crippen molar-refractivity contribution >= 4 is 11.8 Å². The Labute approximate surface area is 70.4 Å². The number of oxazole rings is 1. The highest BCUT2D eigenvalue weighted by Gasteiger charge is 2.02. The van der Waals surface area contributed by atoms with Crippen molar-refractivity contribution in [3.8, 4) is 0 Å². The van der Waals surface area contributed by atoms with E-state index in [2.05, 4.69) is 4.98 Å². The zero-order valence-corrected chi connectivity index (χ0v) is 7.52. The molecule has 62 valence electrons. The summed E-state index contributed by atoms with van der Waals surface area (Å²) in [6.07, 6.45) is 1.64. The van der Waals surface area contributed by atoms with Crippen LogP contribution in [0.3, 0.4) is 0 Å². The third kappa shape index (κ3) is 2.95. The maximum absolute atomic E-state index is 5.56. The molecule has 0 aromatic carbocycles. The second-order valence-electron chi connectivity index (χ2n) is 2.54. The molecule has 0 aliphatic carbocycles. The van der Waals surface area contributed by atoms with Gasteiger partial charge in [0.2, 0.25) is 0 Å². The Morgan fingerprint density at radius 1 is 1.82 bits per heavy atom. The van der Waals surface area contributed by atoms with Gasteiger partial charge in [0.05, 0.1) is 5.69 Å². The van der Waals surface area contributed by atoms with E-state index in [1.54, 1.807) is 18.0 Å². The first kappa shape index (κ1) is 8.62. The Bertz CT molecular complexity index is 222. The lowest BCUT2D eigenvalue weighted by Crippen LogP contribution is -2.17. The molecular weight excluding hydrogens is 160 g/mol. The SMILES string of the molecule is Cc1coc(SC[C@@H](C)N)n1. The van der Waals surface area contributed by atoms with E-state index in [-0.39, 0.29) is 6.04 Å². The highest BCUT2D eigenvalue weighted by atomic mass is 32.2. The van der Waals surface area contributed by atoms with Crippen LogP contribution in [0, 0.1) is 6.92 Å². The zero-order valence-electron chi connectivity index (χ0n) is 6.70. The largest absolute Gasteiger partial charge is 0.440 e. The van der Waals surface area contributed by atoms with Crippen LogP contribution in [-0.4, -0.2) is 16.8 Å². The molecule has 4 heteroatoms. The van der Waals surface area contributed by atoms with Crippen molar-refractivity contribution in [2.45, 2.75) is 25.1 Å². The van der Waals surface area contributed by atoms with Crippen molar-refractivity contribution in [2.75, 3.05) is 5.75 Å². The van der Waals surface area contributed by atoms with Crippen LogP contribution in [0.5, 0.6) is 0 Å². The lowest BCUT2D eigenvalue weighted by Gasteiger charge is -1.99. The van der Waals surface area contributed by atoms with Gasteiger partial charge in [0.1, 0.15) is 6.26 Å². The van der Waals surface area contributed by atoms with E-state index in [0.29, 0.717) is 5.22 Å². The van der Waals surface area contributed by atoms with Gasteiger partial charge in [-0.25, -0.2) is 4.98 Å². The van der Waals surface area contributed by atoms with Gasteiger partial charge < -0.3 is 10.2 Å². The third-order valence-electron chi connectivity index (χ3n) is 1.07. The highest BCUT2D eigenvalue weighted by Crippen LogP contribution is 2.16. The number of rotatable bonds is 3. The predicted molar refractivity (Wildman–Crippen MR) is 45.6 cm³/mol. The Morgan fingerprint density at radius 2 is 2.55 bits per heavy atom. The van der Waals surface area contributed by atoms with E-state index < -0.39 is 0 Å². The number of thioether (sulfide) groups is 1. The Kier molecular flexibility index (Phi) is 2.96. The van der Waals surface area contributed by atoms with Gasteiger partial charge in [0.25, 0.3) is 5.22 Å². The molecular formula is C7H12N2OS. The molecule has 11 heavy (non-hydrogen) atoms. The second kappa shape index (κ2) is 3.78. The van der Waals surface area contributed by atoms with Gasteiger partial charge >= 0.3 is 0 Å². The van der Waals surface area contributed by atoms with Crippen LogP contribution in [0.1, 0.15) is 12.6 Å². The fraction of sp³-hybridized carbons (Fsp3) is 0.571. The molecule has 1 aromatic rings. The summed E-state index contributed by atoms with van der Waals surface area (Å²) in [4.78, 5) is 4.12. The van der Waals surface area contributed by atoms with Crippen molar-refractivity contribution in [3.05, 3.63) is 12.0 Å². The first-order chi connectivity index (χ1) is 5.18. The summed E-state index contributed by atoms with van der Waals surface area (Å²) in [5, 5.41) is 0.708. The van der Waals surface area contributed by atoms with Gasteiger partial charge in [0, 0.05) is 11.8 Å². The van der Waals surface area contributed by atoms with Gasteiger partial charge in [0.15, 0.2) is 0 Å². The molecule has 1 rings (SSSR count). The molecule has 1 aromatic heterocycles. The van der Waals surface area contributed by atoms with Gasteiger partial charge in [-0.1, -0.05) is 11.8 Å². The number of aromatic nitrogens is 1. The monoisotopic (exact) mass is 172 g/mol. The van der Waals surface area contributed by atoms with Crippen molar-refractivity contribution < 1.29 is 4.42 Å². The van der Waals surface area contributed by atoms with Crippen molar-refractivity contribution in [3.63, 3.8) is 0 Å². The molecule has 0 radical (unpaired) electrons. The summed E-state index contributed by atoms with van der Waals surface area (Å²) in [6, 6.07) is 0.187. The van der Waals surface area contributed by atoms with Crippen LogP contribution in [-0.2, 0) is 0 Å². The average Bonchev–Trinajstić information content (AvgIpc) is 2.31. The van der Waals surface area contributed by atoms with Crippen LogP contribution in [0.4, 0.5) is 0 Å². The maximum atomic E-state index is 5.56. The van der Waals surface area contributed by atoms with Crippen molar-refractivity contribution in [1.82, 2.24) is 4.98 Å². The van der Waals surface area contributed by atoms with Crippen LogP contribution >= 0.6 is 11.8 Å². The van der Waals surface area contributed by atoms with E-state index in [1.165, 1.54) is 0 Å². The van der Waals surface area contributed by atoms with Gasteiger partial charge in [-0.3, -0.25) is 0 Å². The highest BCUT2D eigenvalue weighted by molar-refractivity contribution is 7.99. The molecule has 0 aliphatic rings. The lowest BCUT2D eigenvalue weighted by molar-refractivity contribution is 0.453. The summed E-state index contributed by atoms with van der Waals surface area (Å²) in [7, 11) is 0. The van der Waals surface area contributed by atoms with E-state index in [4.69, 9.17) is 10.2 Å². The van der Waals surface area contributed by atoms with Gasteiger partial charge in [-0.15, -0.1) is 0 Å². The van der Waals surface area contributed by atoms with Crippen LogP contribution < -0.4 is 5.73 Å². The summed E-state index contributed by atoms with van der Waals surface area (Å²) < 4.78 is 5.11. The molecule has 1 atom stereocenters. The molecule has 2 N–H and O–H groups in total. The van der Waals surface area contributed by atoms with Crippen LogP contribution in [0.2, 0.25) is 0 Å². The lowest BCUT2D eigenvalue weighted by atomic mass is 10.4. The first-order valence-corrected chi connectivity index (χ1v) is 4.47. The second-order valence-corrected chi connectivity index (χ2v) is 3.51. The number of hydrogen-bond donors (Lipinski definition) is 1. The summed E-state index contributed by atoms with van der Waals surface area (Å²) >= 11 is 1.55. The fourth-order valence-electron chi connectivity index (χ4n) is 0.601. The van der Waals surface area contributed by atoms with Crippen LogP contribution in [0.25, 0.3) is 0 Å². The Morgan fingerprint density at radius 3 is 3.00 bits per heavy atom. The van der Waals surface area contributed by atoms with E-state index in [1.807, 2.05) is 13.8 Å².